The lowest BCUT2D eigenvalue weighted by molar-refractivity contribution is -0.170. The third kappa shape index (κ3) is 5.73. The van der Waals surface area contributed by atoms with Gasteiger partial charge in [-0.3, -0.25) is 9.69 Å². The second kappa shape index (κ2) is 11.0. The predicted molar refractivity (Wildman–Crippen MR) is 152 cm³/mol. The minimum absolute atomic E-state index is 0.000427. The van der Waals surface area contributed by atoms with E-state index in [1.165, 1.54) is 11.8 Å². The molecule has 1 unspecified atom stereocenters. The van der Waals surface area contributed by atoms with Crippen molar-refractivity contribution in [1.82, 2.24) is 14.9 Å². The number of aromatic nitrogens is 2. The van der Waals surface area contributed by atoms with Crippen LogP contribution in [0.3, 0.4) is 0 Å². The molecule has 3 amide bonds. The highest BCUT2D eigenvalue weighted by Gasteiger charge is 2.47. The van der Waals surface area contributed by atoms with E-state index >= 15 is 0 Å². The third-order valence-electron chi connectivity index (χ3n) is 8.05. The topological polar surface area (TPSA) is 78.9 Å². The number of hydrogen-bond acceptors (Lipinski definition) is 6. The summed E-state index contributed by atoms with van der Waals surface area (Å²) >= 11 is 1.37. The molecular formula is C27H36F3N5O3SSi. The lowest BCUT2D eigenvalue weighted by Crippen LogP contribution is -2.53. The number of aryl methyl sites for hydroxylation is 1. The predicted octanol–water partition coefficient (Wildman–Crippen LogP) is 6.31. The number of urea groups is 1. The number of para-hydroxylation sites is 1. The van der Waals surface area contributed by atoms with Crippen molar-refractivity contribution in [2.45, 2.75) is 76.2 Å². The van der Waals surface area contributed by atoms with Gasteiger partial charge in [-0.25, -0.2) is 14.8 Å². The number of anilines is 2. The van der Waals surface area contributed by atoms with Gasteiger partial charge in [0.25, 0.3) is 0 Å². The molecule has 0 saturated heterocycles. The molecule has 0 bridgehead atoms. The molecule has 4 rings (SSSR count). The van der Waals surface area contributed by atoms with Crippen LogP contribution in [0.2, 0.25) is 18.1 Å². The molecule has 0 radical (unpaired) electrons. The van der Waals surface area contributed by atoms with Gasteiger partial charge in [0.1, 0.15) is 5.82 Å². The standard InChI is InChI=1S/C27H36F3N5O3SSi/c1-17-9-8-10-19-20(11-12-33(21(17)19)23(36)27(28,29)30)35-16-18-15-31-24(39-5)32-22(18)34(25(35)37)13-14-38-40(6,7)26(2,3)4/h8-10,15,20H,11-14,16H2,1-7H3. The average Bonchev–Trinajstić information content (AvgIpc) is 2.87. The molecule has 0 aliphatic carbocycles. The normalized spacial score (nSPS) is 18.1. The van der Waals surface area contributed by atoms with Crippen molar-refractivity contribution in [1.29, 1.82) is 0 Å². The Kier molecular flexibility index (Phi) is 8.32. The van der Waals surface area contributed by atoms with Gasteiger partial charge in [-0.15, -0.1) is 0 Å². The molecule has 1 aromatic carbocycles. The van der Waals surface area contributed by atoms with E-state index in [0.717, 1.165) is 10.5 Å². The molecule has 0 fully saturated rings. The van der Waals surface area contributed by atoms with Crippen LogP contribution in [0, 0.1) is 6.92 Å². The van der Waals surface area contributed by atoms with Crippen LogP contribution in [-0.2, 0) is 15.8 Å². The van der Waals surface area contributed by atoms with Crippen molar-refractivity contribution >= 4 is 43.5 Å². The zero-order valence-electron chi connectivity index (χ0n) is 23.9. The summed E-state index contributed by atoms with van der Waals surface area (Å²) in [6.45, 7) is 13.0. The van der Waals surface area contributed by atoms with Gasteiger partial charge < -0.3 is 14.2 Å². The number of amides is 3. The Morgan fingerprint density at radius 3 is 2.55 bits per heavy atom. The monoisotopic (exact) mass is 595 g/mol. The van der Waals surface area contributed by atoms with Crippen LogP contribution in [0.15, 0.2) is 29.6 Å². The van der Waals surface area contributed by atoms with Crippen molar-refractivity contribution in [3.8, 4) is 0 Å². The summed E-state index contributed by atoms with van der Waals surface area (Å²) in [5.41, 5.74) is 2.01. The van der Waals surface area contributed by atoms with E-state index in [0.29, 0.717) is 28.7 Å². The van der Waals surface area contributed by atoms with Gasteiger partial charge >= 0.3 is 18.1 Å². The molecule has 1 atom stereocenters. The fourth-order valence-electron chi connectivity index (χ4n) is 4.89. The molecule has 3 heterocycles. The number of carbonyl (C=O) groups is 2. The highest BCUT2D eigenvalue weighted by Crippen LogP contribution is 2.44. The Morgan fingerprint density at radius 1 is 1.23 bits per heavy atom. The van der Waals surface area contributed by atoms with Crippen molar-refractivity contribution in [2.24, 2.45) is 0 Å². The second-order valence-electron chi connectivity index (χ2n) is 11.6. The molecule has 0 spiro atoms. The molecule has 40 heavy (non-hydrogen) atoms. The van der Waals surface area contributed by atoms with Crippen LogP contribution in [-0.4, -0.2) is 67.3 Å². The maximum absolute atomic E-state index is 14.1. The number of rotatable bonds is 6. The number of benzene rings is 1. The molecule has 8 nitrogen and oxygen atoms in total. The summed E-state index contributed by atoms with van der Waals surface area (Å²) in [4.78, 5) is 39.5. The van der Waals surface area contributed by atoms with E-state index in [2.05, 4.69) is 43.8 Å². The Balaban J connectivity index is 1.70. The maximum Gasteiger partial charge on any atom is 0.471 e. The maximum atomic E-state index is 14.1. The average molecular weight is 596 g/mol. The SMILES string of the molecule is CSc1ncc2c(n1)N(CCO[Si](C)(C)C(C)(C)C)C(=O)N(C1CCN(C(=O)C(F)(F)F)c3c(C)cccc31)C2. The van der Waals surface area contributed by atoms with E-state index < -0.39 is 26.4 Å². The molecular weight excluding hydrogens is 559 g/mol. The second-order valence-corrected chi connectivity index (χ2v) is 17.2. The van der Waals surface area contributed by atoms with E-state index in [1.54, 1.807) is 41.1 Å². The van der Waals surface area contributed by atoms with Crippen molar-refractivity contribution in [3.63, 3.8) is 0 Å². The molecule has 1 aromatic heterocycles. The van der Waals surface area contributed by atoms with Crippen LogP contribution in [0.25, 0.3) is 0 Å². The zero-order valence-corrected chi connectivity index (χ0v) is 25.7. The fraction of sp³-hybridized carbons (Fsp3) is 0.556. The van der Waals surface area contributed by atoms with Gasteiger partial charge in [0.15, 0.2) is 13.5 Å². The molecule has 2 aliphatic heterocycles. The van der Waals surface area contributed by atoms with Gasteiger partial charge in [-0.2, -0.15) is 13.2 Å². The van der Waals surface area contributed by atoms with E-state index in [4.69, 9.17) is 4.43 Å². The smallest absolute Gasteiger partial charge is 0.415 e. The van der Waals surface area contributed by atoms with Crippen LogP contribution >= 0.6 is 11.8 Å². The number of hydrogen-bond donors (Lipinski definition) is 0. The summed E-state index contributed by atoms with van der Waals surface area (Å²) in [5.74, 6) is -1.38. The molecule has 13 heteroatoms. The molecule has 2 aromatic rings. The number of carbonyl (C=O) groups excluding carboxylic acids is 2. The first-order valence-corrected chi connectivity index (χ1v) is 17.3. The lowest BCUT2D eigenvalue weighted by atomic mass is 9.91. The Hall–Kier alpha value is -2.64. The molecule has 218 valence electrons. The van der Waals surface area contributed by atoms with E-state index in [9.17, 15) is 22.8 Å². The first-order chi connectivity index (χ1) is 18.6. The van der Waals surface area contributed by atoms with Crippen LogP contribution < -0.4 is 9.80 Å². The minimum atomic E-state index is -5.00. The van der Waals surface area contributed by atoms with Crippen molar-refractivity contribution in [2.75, 3.05) is 35.8 Å². The number of fused-ring (bicyclic) bond motifs is 2. The molecule has 0 N–H and O–H groups in total. The fourth-order valence-corrected chi connectivity index (χ4v) is 6.26. The molecule has 0 saturated carbocycles. The highest BCUT2D eigenvalue weighted by atomic mass is 32.2. The first kappa shape index (κ1) is 30.3. The highest BCUT2D eigenvalue weighted by molar-refractivity contribution is 7.98. The number of thioether (sulfide) groups is 1. The summed E-state index contributed by atoms with van der Waals surface area (Å²) in [7, 11) is -2.08. The minimum Gasteiger partial charge on any atom is -0.415 e. The number of alkyl halides is 3. The zero-order chi connectivity index (χ0) is 29.6. The third-order valence-corrected chi connectivity index (χ3v) is 13.1. The van der Waals surface area contributed by atoms with Crippen LogP contribution in [0.5, 0.6) is 0 Å². The van der Waals surface area contributed by atoms with Gasteiger partial charge in [-0.05, 0) is 48.9 Å². The van der Waals surface area contributed by atoms with Crippen molar-refractivity contribution < 1.29 is 27.2 Å². The van der Waals surface area contributed by atoms with Crippen LogP contribution in [0.4, 0.5) is 29.5 Å². The summed E-state index contributed by atoms with van der Waals surface area (Å²) in [6, 6.07) is 4.28. The van der Waals surface area contributed by atoms with Gasteiger partial charge in [-0.1, -0.05) is 50.7 Å². The van der Waals surface area contributed by atoms with Crippen molar-refractivity contribution in [3.05, 3.63) is 41.1 Å². The first-order valence-electron chi connectivity index (χ1n) is 13.2. The lowest BCUT2D eigenvalue weighted by Gasteiger charge is -2.44. The van der Waals surface area contributed by atoms with E-state index in [-0.39, 0.29) is 42.8 Å². The Morgan fingerprint density at radius 2 is 1.93 bits per heavy atom. The largest absolute Gasteiger partial charge is 0.471 e. The molecule has 2 aliphatic rings. The summed E-state index contributed by atoms with van der Waals surface area (Å²) < 4.78 is 46.7. The summed E-state index contributed by atoms with van der Waals surface area (Å²) in [5, 5.41) is 0.538. The van der Waals surface area contributed by atoms with Gasteiger partial charge in [0, 0.05) is 18.3 Å². The number of nitrogens with zero attached hydrogens (tertiary/aromatic N) is 5. The van der Waals surface area contributed by atoms with Gasteiger partial charge in [0.05, 0.1) is 31.4 Å². The quantitative estimate of drug-likeness (QED) is 0.221. The number of halogens is 3. The van der Waals surface area contributed by atoms with E-state index in [1.807, 2.05) is 6.26 Å². The van der Waals surface area contributed by atoms with Gasteiger partial charge in [0.2, 0.25) is 0 Å². The summed E-state index contributed by atoms with van der Waals surface area (Å²) in [6.07, 6.45) is -1.27. The Labute approximate surface area is 238 Å². The van der Waals surface area contributed by atoms with Crippen LogP contribution in [0.1, 0.15) is 49.9 Å². The Bertz CT molecular complexity index is 1300.